The first kappa shape index (κ1) is 15.0. The van der Waals surface area contributed by atoms with Crippen molar-refractivity contribution in [2.75, 3.05) is 13.7 Å². The molecule has 0 bridgehead atoms. The normalized spacial score (nSPS) is 11.7. The second kappa shape index (κ2) is 7.42. The number of carbonyl (C=O) groups is 1. The maximum Gasteiger partial charge on any atom is 0.221 e. The van der Waals surface area contributed by atoms with E-state index < -0.39 is 5.92 Å². The van der Waals surface area contributed by atoms with Crippen LogP contribution in [-0.4, -0.2) is 19.6 Å². The average molecular weight is 260 g/mol. The molecule has 0 aliphatic heterocycles. The average Bonchev–Trinajstić information content (AvgIpc) is 2.42. The highest BCUT2D eigenvalue weighted by Crippen LogP contribution is 2.21. The van der Waals surface area contributed by atoms with Crippen LogP contribution in [0, 0.1) is 17.2 Å². The lowest BCUT2D eigenvalue weighted by Crippen LogP contribution is -2.28. The molecule has 0 saturated heterocycles. The van der Waals surface area contributed by atoms with Gasteiger partial charge in [-0.3, -0.25) is 4.79 Å². The van der Waals surface area contributed by atoms with Crippen molar-refractivity contribution < 1.29 is 9.53 Å². The molecule has 0 aromatic heterocycles. The van der Waals surface area contributed by atoms with Crippen LogP contribution in [0.3, 0.4) is 0 Å². The number of rotatable bonds is 6. The summed E-state index contributed by atoms with van der Waals surface area (Å²) < 4.78 is 5.07. The topological polar surface area (TPSA) is 62.1 Å². The van der Waals surface area contributed by atoms with Crippen LogP contribution in [0.5, 0.6) is 5.75 Å². The Labute approximate surface area is 114 Å². The van der Waals surface area contributed by atoms with Crippen LogP contribution in [0.1, 0.15) is 31.7 Å². The molecule has 1 atom stereocenters. The van der Waals surface area contributed by atoms with E-state index >= 15 is 0 Å². The summed E-state index contributed by atoms with van der Waals surface area (Å²) in [5, 5.41) is 12.0. The van der Waals surface area contributed by atoms with E-state index in [-0.39, 0.29) is 12.3 Å². The van der Waals surface area contributed by atoms with Gasteiger partial charge in [-0.2, -0.15) is 5.26 Å². The van der Waals surface area contributed by atoms with Crippen LogP contribution in [0.4, 0.5) is 0 Å². The van der Waals surface area contributed by atoms with E-state index in [2.05, 4.69) is 11.4 Å². The Morgan fingerprint density at radius 1 is 1.37 bits per heavy atom. The number of nitrogens with one attached hydrogen (secondary N) is 1. The van der Waals surface area contributed by atoms with Gasteiger partial charge >= 0.3 is 0 Å². The standard InChI is InChI=1S/C15H20N2O2/c1-11(2)10-17-15(18)8-13(9-16)12-4-6-14(19-3)7-5-12/h4-7,11,13H,8,10H2,1-3H3,(H,17,18). The van der Waals surface area contributed by atoms with Gasteiger partial charge in [0.1, 0.15) is 5.75 Å². The Balaban J connectivity index is 2.62. The predicted octanol–water partition coefficient (Wildman–Crippen LogP) is 2.46. The molecule has 0 radical (unpaired) electrons. The molecule has 1 aromatic carbocycles. The van der Waals surface area contributed by atoms with Crippen LogP contribution in [0.15, 0.2) is 24.3 Å². The van der Waals surface area contributed by atoms with Crippen molar-refractivity contribution in [1.29, 1.82) is 5.26 Å². The van der Waals surface area contributed by atoms with Crippen LogP contribution < -0.4 is 10.1 Å². The van der Waals surface area contributed by atoms with E-state index in [4.69, 9.17) is 4.74 Å². The monoisotopic (exact) mass is 260 g/mol. The van der Waals surface area contributed by atoms with Gasteiger partial charge in [0, 0.05) is 13.0 Å². The minimum atomic E-state index is -0.418. The maximum absolute atomic E-state index is 11.7. The summed E-state index contributed by atoms with van der Waals surface area (Å²) >= 11 is 0. The van der Waals surface area contributed by atoms with Crippen LogP contribution in [0.2, 0.25) is 0 Å². The highest BCUT2D eigenvalue weighted by atomic mass is 16.5. The molecule has 0 fully saturated rings. The van der Waals surface area contributed by atoms with Crippen molar-refractivity contribution in [3.8, 4) is 11.8 Å². The van der Waals surface area contributed by atoms with Gasteiger partial charge in [-0.25, -0.2) is 0 Å². The van der Waals surface area contributed by atoms with Gasteiger partial charge in [0.25, 0.3) is 0 Å². The Hall–Kier alpha value is -2.02. The minimum absolute atomic E-state index is 0.0870. The molecule has 1 rings (SSSR count). The molecule has 0 aliphatic rings. The van der Waals surface area contributed by atoms with Crippen molar-refractivity contribution in [3.05, 3.63) is 29.8 Å². The zero-order chi connectivity index (χ0) is 14.3. The van der Waals surface area contributed by atoms with Gasteiger partial charge in [0.15, 0.2) is 0 Å². The van der Waals surface area contributed by atoms with E-state index in [1.165, 1.54) is 0 Å². The summed E-state index contributed by atoms with van der Waals surface area (Å²) in [7, 11) is 1.59. The summed E-state index contributed by atoms with van der Waals surface area (Å²) in [6, 6.07) is 9.41. The third-order valence-electron chi connectivity index (χ3n) is 2.77. The largest absolute Gasteiger partial charge is 0.497 e. The molecule has 4 heteroatoms. The number of nitriles is 1. The molecule has 19 heavy (non-hydrogen) atoms. The fourth-order valence-corrected chi connectivity index (χ4v) is 1.65. The van der Waals surface area contributed by atoms with Gasteiger partial charge in [0.2, 0.25) is 5.91 Å². The zero-order valence-electron chi connectivity index (χ0n) is 11.6. The quantitative estimate of drug-likeness (QED) is 0.854. The van der Waals surface area contributed by atoms with Crippen LogP contribution in [-0.2, 0) is 4.79 Å². The SMILES string of the molecule is COc1ccc(C(C#N)CC(=O)NCC(C)C)cc1. The second-order valence-electron chi connectivity index (χ2n) is 4.86. The Morgan fingerprint density at radius 2 is 2.00 bits per heavy atom. The molecule has 0 aliphatic carbocycles. The molecule has 1 unspecified atom stereocenters. The molecule has 1 N–H and O–H groups in total. The molecule has 0 saturated carbocycles. The molecule has 4 nitrogen and oxygen atoms in total. The summed E-state index contributed by atoms with van der Waals surface area (Å²) in [5.41, 5.74) is 0.836. The van der Waals surface area contributed by atoms with Gasteiger partial charge in [-0.1, -0.05) is 26.0 Å². The van der Waals surface area contributed by atoms with E-state index in [9.17, 15) is 10.1 Å². The van der Waals surface area contributed by atoms with Gasteiger partial charge in [-0.15, -0.1) is 0 Å². The van der Waals surface area contributed by atoms with E-state index in [1.54, 1.807) is 19.2 Å². The van der Waals surface area contributed by atoms with Gasteiger partial charge in [0.05, 0.1) is 19.1 Å². The van der Waals surface area contributed by atoms with Gasteiger partial charge < -0.3 is 10.1 Å². The lowest BCUT2D eigenvalue weighted by molar-refractivity contribution is -0.121. The summed E-state index contributed by atoms with van der Waals surface area (Å²) in [6.07, 6.45) is 0.190. The Kier molecular flexibility index (Phi) is 5.87. The highest BCUT2D eigenvalue weighted by Gasteiger charge is 2.15. The fraction of sp³-hybridized carbons (Fsp3) is 0.467. The minimum Gasteiger partial charge on any atom is -0.497 e. The molecule has 1 aromatic rings. The number of benzene rings is 1. The number of nitrogens with zero attached hydrogens (tertiary/aromatic N) is 1. The summed E-state index contributed by atoms with van der Waals surface area (Å²) in [4.78, 5) is 11.7. The maximum atomic E-state index is 11.7. The molecular formula is C15H20N2O2. The first-order valence-electron chi connectivity index (χ1n) is 6.37. The summed E-state index contributed by atoms with van der Waals surface area (Å²) in [6.45, 7) is 4.71. The lowest BCUT2D eigenvalue weighted by atomic mass is 9.97. The van der Waals surface area contributed by atoms with E-state index in [1.807, 2.05) is 26.0 Å². The van der Waals surface area contributed by atoms with E-state index in [0.29, 0.717) is 12.5 Å². The highest BCUT2D eigenvalue weighted by molar-refractivity contribution is 5.77. The molecule has 102 valence electrons. The smallest absolute Gasteiger partial charge is 0.221 e. The number of methoxy groups -OCH3 is 1. The number of hydrogen-bond acceptors (Lipinski definition) is 3. The molecule has 1 amide bonds. The summed E-state index contributed by atoms with van der Waals surface area (Å²) in [5.74, 6) is 0.643. The Bertz CT molecular complexity index is 446. The van der Waals surface area contributed by atoms with Crippen molar-refractivity contribution in [1.82, 2.24) is 5.32 Å². The van der Waals surface area contributed by atoms with E-state index in [0.717, 1.165) is 11.3 Å². The van der Waals surface area contributed by atoms with Crippen LogP contribution in [0.25, 0.3) is 0 Å². The third kappa shape index (κ3) is 5.01. The van der Waals surface area contributed by atoms with Gasteiger partial charge in [-0.05, 0) is 23.6 Å². The Morgan fingerprint density at radius 3 is 2.47 bits per heavy atom. The van der Waals surface area contributed by atoms with Crippen molar-refractivity contribution in [2.45, 2.75) is 26.2 Å². The number of carbonyl (C=O) groups excluding carboxylic acids is 1. The van der Waals surface area contributed by atoms with Crippen LogP contribution >= 0.6 is 0 Å². The van der Waals surface area contributed by atoms with Crippen molar-refractivity contribution >= 4 is 5.91 Å². The predicted molar refractivity (Wildman–Crippen MR) is 73.8 cm³/mol. The zero-order valence-corrected chi connectivity index (χ0v) is 11.6. The van der Waals surface area contributed by atoms with Crippen molar-refractivity contribution in [2.24, 2.45) is 5.92 Å². The molecule has 0 spiro atoms. The second-order valence-corrected chi connectivity index (χ2v) is 4.86. The third-order valence-corrected chi connectivity index (χ3v) is 2.77. The number of hydrogen-bond donors (Lipinski definition) is 1. The molecular weight excluding hydrogens is 240 g/mol. The molecule has 0 heterocycles. The lowest BCUT2D eigenvalue weighted by Gasteiger charge is -2.11. The number of amides is 1. The fourth-order valence-electron chi connectivity index (χ4n) is 1.65. The van der Waals surface area contributed by atoms with Crippen molar-refractivity contribution in [3.63, 3.8) is 0 Å². The first-order chi connectivity index (χ1) is 9.06. The first-order valence-corrected chi connectivity index (χ1v) is 6.37. The number of ether oxygens (including phenoxy) is 1.